The van der Waals surface area contributed by atoms with Gasteiger partial charge in [-0.2, -0.15) is 9.97 Å². The summed E-state index contributed by atoms with van der Waals surface area (Å²) in [4.78, 5) is 37.1. The van der Waals surface area contributed by atoms with E-state index < -0.39 is 30.8 Å². The summed E-state index contributed by atoms with van der Waals surface area (Å²) in [6.45, 7) is 3.23. The first-order chi connectivity index (χ1) is 19.8. The van der Waals surface area contributed by atoms with Gasteiger partial charge in [0, 0.05) is 32.6 Å². The number of nitrogens with zero attached hydrogens (tertiary/aromatic N) is 5. The number of fused-ring (bicyclic) bond motifs is 1. The van der Waals surface area contributed by atoms with Gasteiger partial charge in [0.2, 0.25) is 18.3 Å². The molecule has 1 aromatic carbocycles. The number of aryl methyl sites for hydroxylation is 1. The van der Waals surface area contributed by atoms with Gasteiger partial charge in [-0.1, -0.05) is 24.3 Å². The minimum absolute atomic E-state index is 0.0232. The first-order valence-corrected chi connectivity index (χ1v) is 13.5. The minimum atomic E-state index is -1.47. The molecule has 15 nitrogen and oxygen atoms in total. The third-order valence-electron chi connectivity index (χ3n) is 6.96. The van der Waals surface area contributed by atoms with Crippen molar-refractivity contribution in [3.63, 3.8) is 0 Å². The summed E-state index contributed by atoms with van der Waals surface area (Å²) >= 11 is 0. The second-order valence-electron chi connectivity index (χ2n) is 9.71. The van der Waals surface area contributed by atoms with Crippen molar-refractivity contribution in [2.24, 2.45) is 5.73 Å². The number of rotatable bonds is 14. The Bertz CT molecular complexity index is 1320. The molecule has 15 heteroatoms. The number of ether oxygens (including phenoxy) is 1. The largest absolute Gasteiger partial charge is 0.387 e. The lowest BCUT2D eigenvalue weighted by Gasteiger charge is -2.28. The Balaban J connectivity index is 1.39. The Morgan fingerprint density at radius 1 is 1.17 bits per heavy atom. The lowest BCUT2D eigenvalue weighted by atomic mass is 10.1. The number of aliphatic hydroxyl groups excluding tert-OH is 3. The van der Waals surface area contributed by atoms with Gasteiger partial charge >= 0.3 is 0 Å². The predicted molar refractivity (Wildman–Crippen MR) is 149 cm³/mol. The van der Waals surface area contributed by atoms with Crippen molar-refractivity contribution < 1.29 is 29.6 Å². The molecular weight excluding hydrogens is 534 g/mol. The van der Waals surface area contributed by atoms with Crippen LogP contribution in [-0.2, 0) is 27.2 Å². The average molecular weight is 572 g/mol. The molecule has 1 aliphatic rings. The summed E-state index contributed by atoms with van der Waals surface area (Å²) in [7, 11) is 0. The molecule has 1 saturated heterocycles. The van der Waals surface area contributed by atoms with Crippen LogP contribution in [0.4, 0.5) is 11.8 Å². The van der Waals surface area contributed by atoms with Crippen LogP contribution >= 0.6 is 0 Å². The van der Waals surface area contributed by atoms with Gasteiger partial charge in [0.15, 0.2) is 23.9 Å². The van der Waals surface area contributed by atoms with E-state index in [1.165, 1.54) is 10.9 Å². The Kier molecular flexibility index (Phi) is 10.0. The smallest absolute Gasteiger partial charge is 0.226 e. The lowest BCUT2D eigenvalue weighted by molar-refractivity contribution is -0.152. The lowest BCUT2D eigenvalue weighted by Crippen LogP contribution is -2.48. The van der Waals surface area contributed by atoms with E-state index in [0.717, 1.165) is 16.0 Å². The maximum atomic E-state index is 11.8. The van der Waals surface area contributed by atoms with Crippen LogP contribution < -0.4 is 22.1 Å². The number of amides is 2. The highest BCUT2D eigenvalue weighted by atomic mass is 16.6. The zero-order chi connectivity index (χ0) is 29.5. The summed E-state index contributed by atoms with van der Waals surface area (Å²) in [5.41, 5.74) is 14.2. The Hall–Kier alpha value is -3.89. The normalized spacial score (nSPS) is 21.1. The molecule has 1 fully saturated rings. The molecule has 1 unspecified atom stereocenters. The molecular formula is C26H37N9O6. The zero-order valence-corrected chi connectivity index (χ0v) is 22.8. The van der Waals surface area contributed by atoms with E-state index in [1.54, 1.807) is 6.92 Å². The van der Waals surface area contributed by atoms with Crippen LogP contribution in [0, 0.1) is 0 Å². The monoisotopic (exact) mass is 571 g/mol. The summed E-state index contributed by atoms with van der Waals surface area (Å²) in [6.07, 6.45) is -3.27. The van der Waals surface area contributed by atoms with Gasteiger partial charge in [-0.15, -0.1) is 0 Å². The van der Waals surface area contributed by atoms with Crippen molar-refractivity contribution in [2.45, 2.75) is 57.0 Å². The molecule has 0 saturated carbocycles. The van der Waals surface area contributed by atoms with Crippen LogP contribution in [0.1, 0.15) is 30.7 Å². The summed E-state index contributed by atoms with van der Waals surface area (Å²) in [5, 5.41) is 37.6. The van der Waals surface area contributed by atoms with E-state index in [1.807, 2.05) is 24.3 Å². The van der Waals surface area contributed by atoms with Crippen LogP contribution in [0.2, 0.25) is 0 Å². The minimum Gasteiger partial charge on any atom is -0.387 e. The van der Waals surface area contributed by atoms with Crippen molar-refractivity contribution in [3.8, 4) is 0 Å². The van der Waals surface area contributed by atoms with Crippen LogP contribution in [0.3, 0.4) is 0 Å². The molecule has 3 heterocycles. The molecule has 0 spiro atoms. The molecule has 0 bridgehead atoms. The molecule has 41 heavy (non-hydrogen) atoms. The Labute approximate surface area is 236 Å². The van der Waals surface area contributed by atoms with Crippen LogP contribution in [0.25, 0.3) is 11.2 Å². The fourth-order valence-electron chi connectivity index (χ4n) is 4.63. The zero-order valence-electron chi connectivity index (χ0n) is 22.8. The van der Waals surface area contributed by atoms with E-state index in [0.29, 0.717) is 45.3 Å². The highest BCUT2D eigenvalue weighted by molar-refractivity contribution is 5.83. The van der Waals surface area contributed by atoms with Crippen LogP contribution in [-0.4, -0.2) is 103 Å². The second-order valence-corrected chi connectivity index (χ2v) is 9.71. The first-order valence-electron chi connectivity index (χ1n) is 13.5. The fourth-order valence-corrected chi connectivity index (χ4v) is 4.63. The molecule has 0 aliphatic carbocycles. The molecule has 0 radical (unpaired) electrons. The molecule has 9 N–H and O–H groups in total. The molecule has 222 valence electrons. The van der Waals surface area contributed by atoms with Gasteiger partial charge < -0.3 is 47.1 Å². The number of carbonyl (C=O) groups is 2. The van der Waals surface area contributed by atoms with Gasteiger partial charge in [-0.3, -0.25) is 14.2 Å². The Morgan fingerprint density at radius 2 is 1.88 bits per heavy atom. The van der Waals surface area contributed by atoms with Gasteiger partial charge in [-0.05, 0) is 30.9 Å². The van der Waals surface area contributed by atoms with E-state index >= 15 is 0 Å². The molecule has 2 aromatic heterocycles. The number of nitrogens with one attached hydrogen (secondary N) is 2. The van der Waals surface area contributed by atoms with Gasteiger partial charge in [0.1, 0.15) is 23.8 Å². The molecule has 5 atom stereocenters. The average Bonchev–Trinajstić information content (AvgIpc) is 3.52. The quantitative estimate of drug-likeness (QED) is 0.0865. The van der Waals surface area contributed by atoms with Gasteiger partial charge in [0.05, 0.1) is 6.33 Å². The van der Waals surface area contributed by atoms with E-state index in [4.69, 9.17) is 16.2 Å². The standard InChI is InChI=1S/C26H37N9O6/c1-2-34(14-36)24(40)21-19(38)20(39)25(41-21)35-13-31-18-22(28)32-26(33-23(18)35)30-11-9-16-5-3-15(4-6-16)7-8-17(37)29-12-10-27/h3-6,13-14,19-21,24-25,38-40H,2,7-12,27H2,1H3,(H,29,37)(H3,28,30,32,33)/t19-,20+,21-,24?,25+/m0/s1. The fraction of sp³-hybridized carbons (Fsp3) is 0.500. The highest BCUT2D eigenvalue weighted by Gasteiger charge is 2.48. The number of nitrogens with two attached hydrogens (primary N) is 2. The Morgan fingerprint density at radius 3 is 2.54 bits per heavy atom. The number of aromatic nitrogens is 4. The van der Waals surface area contributed by atoms with Gasteiger partial charge in [-0.25, -0.2) is 4.98 Å². The van der Waals surface area contributed by atoms with Gasteiger partial charge in [0.25, 0.3) is 0 Å². The summed E-state index contributed by atoms with van der Waals surface area (Å²) in [5.74, 6) is 0.323. The van der Waals surface area contributed by atoms with E-state index in [9.17, 15) is 24.9 Å². The third kappa shape index (κ3) is 6.89. The number of likely N-dealkylation sites (N-methyl/N-ethyl adjacent to an activating group) is 1. The number of benzene rings is 1. The van der Waals surface area contributed by atoms with E-state index in [2.05, 4.69) is 25.6 Å². The van der Waals surface area contributed by atoms with Crippen LogP contribution in [0.15, 0.2) is 30.6 Å². The molecule has 3 aromatic rings. The number of carbonyl (C=O) groups excluding carboxylic acids is 2. The number of nitrogen functional groups attached to an aromatic ring is 1. The van der Waals surface area contributed by atoms with Crippen molar-refractivity contribution in [3.05, 3.63) is 41.7 Å². The second kappa shape index (κ2) is 13.6. The van der Waals surface area contributed by atoms with Crippen molar-refractivity contribution in [1.82, 2.24) is 29.7 Å². The maximum absolute atomic E-state index is 11.8. The third-order valence-corrected chi connectivity index (χ3v) is 6.96. The molecule has 2 amide bonds. The molecule has 1 aliphatic heterocycles. The van der Waals surface area contributed by atoms with Crippen molar-refractivity contribution >= 4 is 35.2 Å². The van der Waals surface area contributed by atoms with Crippen molar-refractivity contribution in [1.29, 1.82) is 0 Å². The molecule has 4 rings (SSSR count). The topological polar surface area (TPSA) is 227 Å². The summed E-state index contributed by atoms with van der Waals surface area (Å²) < 4.78 is 7.19. The SMILES string of the molecule is CCN(C=O)C(O)[C@H]1O[C@@H](n2cnc3c(N)nc(NCCc4ccc(CCC(=O)NCCN)cc4)nc32)[C@H](O)[C@@H]1O. The summed E-state index contributed by atoms with van der Waals surface area (Å²) in [6, 6.07) is 7.99. The van der Waals surface area contributed by atoms with Crippen LogP contribution in [0.5, 0.6) is 0 Å². The number of anilines is 2. The highest BCUT2D eigenvalue weighted by Crippen LogP contribution is 2.34. The first kappa shape index (κ1) is 30.1. The van der Waals surface area contributed by atoms with Crippen molar-refractivity contribution in [2.75, 3.05) is 37.2 Å². The number of hydrogen-bond donors (Lipinski definition) is 7. The number of aliphatic hydroxyl groups is 3. The number of imidazole rings is 1. The predicted octanol–water partition coefficient (Wildman–Crippen LogP) is -1.51. The number of hydrogen-bond acceptors (Lipinski definition) is 12. The maximum Gasteiger partial charge on any atom is 0.226 e. The van der Waals surface area contributed by atoms with E-state index in [-0.39, 0.29) is 35.4 Å².